The molecular weight excluding hydrogens is 244 g/mol. The lowest BCUT2D eigenvalue weighted by Gasteiger charge is -2.18. The molecule has 0 fully saturated rings. The molecule has 1 aliphatic heterocycles. The van der Waals surface area contributed by atoms with Gasteiger partial charge in [0.25, 0.3) is 0 Å². The summed E-state index contributed by atoms with van der Waals surface area (Å²) in [7, 11) is 0. The first-order valence-electron chi connectivity index (χ1n) is 4.16. The smallest absolute Gasteiger partial charge is 0.138 e. The Morgan fingerprint density at radius 1 is 1.43 bits per heavy atom. The Morgan fingerprint density at radius 2 is 2.14 bits per heavy atom. The van der Waals surface area contributed by atoms with Gasteiger partial charge < -0.3 is 9.84 Å². The van der Waals surface area contributed by atoms with Crippen molar-refractivity contribution in [3.8, 4) is 11.5 Å². The van der Waals surface area contributed by atoms with Crippen LogP contribution in [-0.4, -0.2) is 5.11 Å². The van der Waals surface area contributed by atoms with E-state index in [-0.39, 0.29) is 5.75 Å². The Kier molecular flexibility index (Phi) is 2.11. The number of allylic oxidation sites excluding steroid dienone is 2. The Labute approximate surface area is 90.6 Å². The maximum absolute atomic E-state index is 9.47. The van der Waals surface area contributed by atoms with E-state index in [0.717, 1.165) is 11.1 Å². The van der Waals surface area contributed by atoms with E-state index in [4.69, 9.17) is 4.74 Å². The molecule has 0 amide bonds. The maximum Gasteiger partial charge on any atom is 0.138 e. The summed E-state index contributed by atoms with van der Waals surface area (Å²) in [6.45, 7) is 5.71. The second kappa shape index (κ2) is 3.17. The number of hydrogen-bond donors (Lipinski definition) is 1. The van der Waals surface area contributed by atoms with Crippen LogP contribution < -0.4 is 4.74 Å². The topological polar surface area (TPSA) is 29.5 Å². The van der Waals surface area contributed by atoms with Crippen molar-refractivity contribution in [3.63, 3.8) is 0 Å². The van der Waals surface area contributed by atoms with Crippen molar-refractivity contribution in [2.75, 3.05) is 0 Å². The lowest BCUT2D eigenvalue weighted by Crippen LogP contribution is -2.00. The van der Waals surface area contributed by atoms with Crippen LogP contribution in [0, 0.1) is 0 Å². The summed E-state index contributed by atoms with van der Waals surface area (Å²) in [5.74, 6) is 1.42. The van der Waals surface area contributed by atoms with Crippen molar-refractivity contribution in [1.29, 1.82) is 0 Å². The Morgan fingerprint density at radius 3 is 2.86 bits per heavy atom. The molecule has 0 spiro atoms. The van der Waals surface area contributed by atoms with Crippen LogP contribution in [0.25, 0.3) is 5.57 Å². The minimum Gasteiger partial charge on any atom is -0.507 e. The predicted molar refractivity (Wildman–Crippen MR) is 59.2 cm³/mol. The van der Waals surface area contributed by atoms with Crippen LogP contribution in [0.15, 0.2) is 35.0 Å². The fourth-order valence-corrected chi connectivity index (χ4v) is 1.77. The van der Waals surface area contributed by atoms with E-state index in [2.05, 4.69) is 22.5 Å². The summed E-state index contributed by atoms with van der Waals surface area (Å²) < 4.78 is 6.05. The quantitative estimate of drug-likeness (QED) is 0.767. The van der Waals surface area contributed by atoms with Crippen LogP contribution in [0.3, 0.4) is 0 Å². The third-order valence-corrected chi connectivity index (χ3v) is 2.73. The van der Waals surface area contributed by atoms with Crippen LogP contribution in [0.2, 0.25) is 0 Å². The molecule has 2 rings (SSSR count). The van der Waals surface area contributed by atoms with Crippen molar-refractivity contribution in [1.82, 2.24) is 0 Å². The van der Waals surface area contributed by atoms with Gasteiger partial charge in [0.15, 0.2) is 0 Å². The molecule has 1 heterocycles. The van der Waals surface area contributed by atoms with Gasteiger partial charge in [0.1, 0.15) is 17.3 Å². The monoisotopic (exact) mass is 252 g/mol. The third kappa shape index (κ3) is 1.44. The van der Waals surface area contributed by atoms with Crippen LogP contribution in [0.5, 0.6) is 11.5 Å². The summed E-state index contributed by atoms with van der Waals surface area (Å²) in [4.78, 5) is 0. The van der Waals surface area contributed by atoms with Gasteiger partial charge in [-0.3, -0.25) is 0 Å². The normalized spacial score (nSPS) is 14.4. The molecule has 1 aromatic rings. The van der Waals surface area contributed by atoms with E-state index in [0.29, 0.717) is 16.0 Å². The number of aromatic hydroxyl groups is 1. The van der Waals surface area contributed by atoms with E-state index in [1.165, 1.54) is 0 Å². The maximum atomic E-state index is 9.47. The number of benzene rings is 1. The second-order valence-electron chi connectivity index (χ2n) is 3.20. The van der Waals surface area contributed by atoms with Gasteiger partial charge in [-0.1, -0.05) is 6.58 Å². The summed E-state index contributed by atoms with van der Waals surface area (Å²) >= 11 is 3.26. The molecule has 0 aromatic heterocycles. The molecule has 0 saturated carbocycles. The summed E-state index contributed by atoms with van der Waals surface area (Å²) in [6.07, 6.45) is 1.87. The summed E-state index contributed by atoms with van der Waals surface area (Å²) in [5.41, 5.74) is 2.05. The molecule has 0 saturated heterocycles. The van der Waals surface area contributed by atoms with Crippen molar-refractivity contribution < 1.29 is 9.84 Å². The van der Waals surface area contributed by atoms with Gasteiger partial charge >= 0.3 is 0 Å². The molecule has 1 N–H and O–H groups in total. The number of phenols is 1. The molecule has 0 bridgehead atoms. The molecule has 2 nitrogen and oxygen atoms in total. The molecule has 1 aliphatic rings. The number of hydrogen-bond acceptors (Lipinski definition) is 2. The minimum atomic E-state index is 0.172. The average Bonchev–Trinajstić information content (AvgIpc) is 2.08. The zero-order valence-electron chi connectivity index (χ0n) is 7.67. The summed E-state index contributed by atoms with van der Waals surface area (Å²) in [6, 6.07) is 3.42. The van der Waals surface area contributed by atoms with E-state index >= 15 is 0 Å². The van der Waals surface area contributed by atoms with Crippen molar-refractivity contribution in [3.05, 3.63) is 40.6 Å². The first kappa shape index (κ1) is 9.34. The van der Waals surface area contributed by atoms with E-state index in [1.54, 1.807) is 6.07 Å². The van der Waals surface area contributed by atoms with Gasteiger partial charge in [-0.15, -0.1) is 0 Å². The Balaban J connectivity index is 2.64. The Hall–Kier alpha value is -1.22. The van der Waals surface area contributed by atoms with E-state index in [1.807, 2.05) is 19.1 Å². The lowest BCUT2D eigenvalue weighted by molar-refractivity contribution is 0.428. The SMILES string of the molecule is C=C1C=C(C)c2cc(Br)c(O)cc2O1. The van der Waals surface area contributed by atoms with Crippen molar-refractivity contribution >= 4 is 21.5 Å². The van der Waals surface area contributed by atoms with Gasteiger partial charge in [-0.25, -0.2) is 0 Å². The van der Waals surface area contributed by atoms with Crippen LogP contribution >= 0.6 is 15.9 Å². The molecule has 0 atom stereocenters. The predicted octanol–water partition coefficient (Wildman–Crippen LogP) is 3.46. The highest BCUT2D eigenvalue weighted by Crippen LogP contribution is 2.39. The zero-order chi connectivity index (χ0) is 10.3. The highest BCUT2D eigenvalue weighted by atomic mass is 79.9. The number of rotatable bonds is 0. The van der Waals surface area contributed by atoms with Crippen LogP contribution in [0.4, 0.5) is 0 Å². The number of phenolic OH excluding ortho intramolecular Hbond substituents is 1. The van der Waals surface area contributed by atoms with E-state index in [9.17, 15) is 5.11 Å². The fourth-order valence-electron chi connectivity index (χ4n) is 1.43. The van der Waals surface area contributed by atoms with E-state index < -0.39 is 0 Å². The average molecular weight is 253 g/mol. The van der Waals surface area contributed by atoms with Gasteiger partial charge in [-0.05, 0) is 40.6 Å². The molecule has 1 aromatic carbocycles. The number of halogens is 1. The Bertz CT molecular complexity index is 447. The molecule has 14 heavy (non-hydrogen) atoms. The summed E-state index contributed by atoms with van der Waals surface area (Å²) in [5, 5.41) is 9.47. The molecule has 0 radical (unpaired) electrons. The fraction of sp³-hybridized carbons (Fsp3) is 0.0909. The number of fused-ring (bicyclic) bond motifs is 1. The minimum absolute atomic E-state index is 0.172. The van der Waals surface area contributed by atoms with Gasteiger partial charge in [-0.2, -0.15) is 0 Å². The first-order chi connectivity index (χ1) is 6.58. The van der Waals surface area contributed by atoms with Crippen molar-refractivity contribution in [2.45, 2.75) is 6.92 Å². The highest BCUT2D eigenvalue weighted by Gasteiger charge is 2.15. The molecular formula is C11H9BrO2. The molecule has 0 aliphatic carbocycles. The second-order valence-corrected chi connectivity index (χ2v) is 4.05. The van der Waals surface area contributed by atoms with Crippen molar-refractivity contribution in [2.24, 2.45) is 0 Å². The van der Waals surface area contributed by atoms with Gasteiger partial charge in [0, 0.05) is 11.6 Å². The number of ether oxygens (including phenoxy) is 1. The molecule has 72 valence electrons. The van der Waals surface area contributed by atoms with Gasteiger partial charge in [0.2, 0.25) is 0 Å². The van der Waals surface area contributed by atoms with Crippen LogP contribution in [0.1, 0.15) is 12.5 Å². The zero-order valence-corrected chi connectivity index (χ0v) is 9.26. The largest absolute Gasteiger partial charge is 0.507 e. The lowest BCUT2D eigenvalue weighted by atomic mass is 10.0. The third-order valence-electron chi connectivity index (χ3n) is 2.09. The van der Waals surface area contributed by atoms with Crippen LogP contribution in [-0.2, 0) is 0 Å². The molecule has 0 unspecified atom stereocenters. The standard InChI is InChI=1S/C11H9BrO2/c1-6-3-7(2)14-11-5-10(13)9(12)4-8(6)11/h3-5,13H,2H2,1H3. The first-order valence-corrected chi connectivity index (χ1v) is 4.95. The highest BCUT2D eigenvalue weighted by molar-refractivity contribution is 9.10. The molecule has 3 heteroatoms. The van der Waals surface area contributed by atoms with Gasteiger partial charge in [0.05, 0.1) is 4.47 Å².